The molecule has 0 saturated carbocycles. The quantitative estimate of drug-likeness (QED) is 0.810. The summed E-state index contributed by atoms with van der Waals surface area (Å²) < 4.78 is 6.55. The molecule has 2 heterocycles. The Balaban J connectivity index is 2.32. The smallest absolute Gasteiger partial charge is 0.266 e. The molecule has 0 fully saturated rings. The lowest BCUT2D eigenvalue weighted by Gasteiger charge is -2.11. The van der Waals surface area contributed by atoms with Gasteiger partial charge in [-0.1, -0.05) is 6.07 Å². The molecule has 106 valence electrons. The summed E-state index contributed by atoms with van der Waals surface area (Å²) in [5, 5.41) is 4.35. The van der Waals surface area contributed by atoms with Gasteiger partial charge in [0.2, 0.25) is 5.88 Å². The topological polar surface area (TPSA) is 60.2 Å². The van der Waals surface area contributed by atoms with E-state index in [1.165, 1.54) is 10.7 Å². The second-order valence-electron chi connectivity index (χ2n) is 4.65. The fourth-order valence-corrected chi connectivity index (χ4v) is 1.71. The van der Waals surface area contributed by atoms with E-state index in [0.29, 0.717) is 23.8 Å². The minimum absolute atomic E-state index is 0.113. The van der Waals surface area contributed by atoms with E-state index in [1.54, 1.807) is 19.2 Å². The van der Waals surface area contributed by atoms with Crippen molar-refractivity contribution in [3.05, 3.63) is 40.7 Å². The molecule has 20 heavy (non-hydrogen) atoms. The highest BCUT2D eigenvalue weighted by molar-refractivity contribution is 5.53. The minimum Gasteiger partial charge on any atom is -0.481 e. The van der Waals surface area contributed by atoms with Gasteiger partial charge in [-0.3, -0.25) is 4.79 Å². The number of hydrogen-bond acceptors (Lipinski definition) is 5. The van der Waals surface area contributed by atoms with Crippen molar-refractivity contribution < 1.29 is 4.74 Å². The molecular weight excluding hydrogens is 256 g/mol. The van der Waals surface area contributed by atoms with E-state index in [1.807, 2.05) is 31.1 Å². The lowest BCUT2D eigenvalue weighted by Crippen LogP contribution is -2.28. The van der Waals surface area contributed by atoms with Crippen LogP contribution in [-0.4, -0.2) is 47.4 Å². The predicted molar refractivity (Wildman–Crippen MR) is 76.8 cm³/mol. The summed E-state index contributed by atoms with van der Waals surface area (Å²) in [6, 6.07) is 8.64. The monoisotopic (exact) mass is 274 g/mol. The van der Waals surface area contributed by atoms with Crippen molar-refractivity contribution in [2.24, 2.45) is 0 Å². The maximum absolute atomic E-state index is 11.8. The van der Waals surface area contributed by atoms with Gasteiger partial charge in [0.15, 0.2) is 0 Å². The summed E-state index contributed by atoms with van der Waals surface area (Å²) in [6.45, 7) is 1.30. The molecule has 0 amide bonds. The van der Waals surface area contributed by atoms with Crippen LogP contribution in [0.25, 0.3) is 11.4 Å². The van der Waals surface area contributed by atoms with Gasteiger partial charge in [-0.25, -0.2) is 9.67 Å². The number of ether oxygens (including phenoxy) is 1. The van der Waals surface area contributed by atoms with Gasteiger partial charge in [0, 0.05) is 18.7 Å². The average molecular weight is 274 g/mol. The maximum Gasteiger partial charge on any atom is 0.266 e. The van der Waals surface area contributed by atoms with Crippen LogP contribution in [0, 0.1) is 0 Å². The first-order valence-corrected chi connectivity index (χ1v) is 6.34. The third kappa shape index (κ3) is 3.42. The summed E-state index contributed by atoms with van der Waals surface area (Å²) in [5.74, 6) is 0.523. The Hall–Kier alpha value is -2.21. The van der Waals surface area contributed by atoms with Gasteiger partial charge in [-0.2, -0.15) is 5.10 Å². The Labute approximate surface area is 117 Å². The number of hydrogen-bond donors (Lipinski definition) is 0. The molecule has 0 unspecified atom stereocenters. The highest BCUT2D eigenvalue weighted by Gasteiger charge is 2.06. The van der Waals surface area contributed by atoms with Crippen LogP contribution in [0.15, 0.2) is 35.1 Å². The minimum atomic E-state index is -0.113. The fourth-order valence-electron chi connectivity index (χ4n) is 1.71. The molecule has 0 spiro atoms. The normalized spacial score (nSPS) is 10.8. The van der Waals surface area contributed by atoms with Gasteiger partial charge < -0.3 is 9.64 Å². The van der Waals surface area contributed by atoms with Gasteiger partial charge in [-0.05, 0) is 26.2 Å². The van der Waals surface area contributed by atoms with Crippen LogP contribution in [0.5, 0.6) is 5.88 Å². The highest BCUT2D eigenvalue weighted by atomic mass is 16.5. The summed E-state index contributed by atoms with van der Waals surface area (Å²) in [7, 11) is 5.48. The molecule has 0 aliphatic carbocycles. The van der Waals surface area contributed by atoms with E-state index in [4.69, 9.17) is 4.74 Å². The fraction of sp³-hybridized carbons (Fsp3) is 0.357. The summed E-state index contributed by atoms with van der Waals surface area (Å²) in [4.78, 5) is 18.1. The molecule has 0 radical (unpaired) electrons. The van der Waals surface area contributed by atoms with Gasteiger partial charge in [0.25, 0.3) is 5.56 Å². The molecule has 2 rings (SSSR count). The van der Waals surface area contributed by atoms with Crippen LogP contribution in [0.4, 0.5) is 0 Å². The van der Waals surface area contributed by atoms with Crippen LogP contribution in [0.1, 0.15) is 0 Å². The highest BCUT2D eigenvalue weighted by Crippen LogP contribution is 2.16. The molecule has 0 aliphatic heterocycles. The molecule has 0 N–H and O–H groups in total. The van der Waals surface area contributed by atoms with Crippen molar-refractivity contribution in [2.45, 2.75) is 6.54 Å². The number of nitrogens with zero attached hydrogens (tertiary/aromatic N) is 4. The van der Waals surface area contributed by atoms with Crippen LogP contribution in [-0.2, 0) is 6.54 Å². The Morgan fingerprint density at radius 1 is 1.20 bits per heavy atom. The Kier molecular flexibility index (Phi) is 4.47. The number of pyridine rings is 1. The predicted octanol–water partition coefficient (Wildman–Crippen LogP) is 0.875. The third-order valence-corrected chi connectivity index (χ3v) is 2.82. The van der Waals surface area contributed by atoms with Crippen molar-refractivity contribution in [3.63, 3.8) is 0 Å². The van der Waals surface area contributed by atoms with Crippen LogP contribution in [0.3, 0.4) is 0 Å². The van der Waals surface area contributed by atoms with Crippen LogP contribution >= 0.6 is 0 Å². The first-order valence-electron chi connectivity index (χ1n) is 6.34. The zero-order valence-electron chi connectivity index (χ0n) is 11.9. The Bertz CT molecular complexity index is 637. The molecule has 0 aromatic carbocycles. The zero-order valence-corrected chi connectivity index (χ0v) is 11.9. The largest absolute Gasteiger partial charge is 0.481 e. The van der Waals surface area contributed by atoms with Crippen molar-refractivity contribution in [1.29, 1.82) is 0 Å². The van der Waals surface area contributed by atoms with Crippen molar-refractivity contribution in [1.82, 2.24) is 19.7 Å². The second-order valence-corrected chi connectivity index (χ2v) is 4.65. The average Bonchev–Trinajstić information content (AvgIpc) is 2.46. The second kappa shape index (κ2) is 6.29. The molecule has 0 saturated heterocycles. The van der Waals surface area contributed by atoms with E-state index >= 15 is 0 Å². The molecular formula is C14H18N4O2. The molecule has 0 bridgehead atoms. The SMILES string of the molecule is COc1cccc(-c2ccc(=O)n(CCN(C)C)n2)n1. The van der Waals surface area contributed by atoms with Crippen molar-refractivity contribution in [2.75, 3.05) is 27.7 Å². The molecule has 0 aliphatic rings. The van der Waals surface area contributed by atoms with E-state index in [0.717, 1.165) is 6.54 Å². The van der Waals surface area contributed by atoms with Gasteiger partial charge in [-0.15, -0.1) is 0 Å². The van der Waals surface area contributed by atoms with Gasteiger partial charge in [0.05, 0.1) is 19.3 Å². The maximum atomic E-state index is 11.8. The van der Waals surface area contributed by atoms with Gasteiger partial charge >= 0.3 is 0 Å². The molecule has 0 atom stereocenters. The molecule has 2 aromatic heterocycles. The van der Waals surface area contributed by atoms with E-state index < -0.39 is 0 Å². The number of aromatic nitrogens is 3. The van der Waals surface area contributed by atoms with Crippen molar-refractivity contribution in [3.8, 4) is 17.3 Å². The lowest BCUT2D eigenvalue weighted by atomic mass is 10.2. The number of methoxy groups -OCH3 is 1. The number of likely N-dealkylation sites (N-methyl/N-ethyl adjacent to an activating group) is 1. The summed E-state index contributed by atoms with van der Waals surface area (Å²) in [5.41, 5.74) is 1.23. The van der Waals surface area contributed by atoms with Crippen molar-refractivity contribution >= 4 is 0 Å². The lowest BCUT2D eigenvalue weighted by molar-refractivity contribution is 0.368. The number of rotatable bonds is 5. The Morgan fingerprint density at radius 2 is 2.00 bits per heavy atom. The van der Waals surface area contributed by atoms with Gasteiger partial charge in [0.1, 0.15) is 5.69 Å². The van der Waals surface area contributed by atoms with Crippen LogP contribution in [0.2, 0.25) is 0 Å². The van der Waals surface area contributed by atoms with E-state index in [-0.39, 0.29) is 5.56 Å². The van der Waals surface area contributed by atoms with Crippen LogP contribution < -0.4 is 10.3 Å². The standard InChI is InChI=1S/C14H18N4O2/c1-17(2)9-10-18-14(19)8-7-12(16-18)11-5-4-6-13(15-11)20-3/h4-8H,9-10H2,1-3H3. The van der Waals surface area contributed by atoms with E-state index in [9.17, 15) is 4.79 Å². The summed E-state index contributed by atoms with van der Waals surface area (Å²) >= 11 is 0. The first-order chi connectivity index (χ1) is 9.60. The first kappa shape index (κ1) is 14.2. The Morgan fingerprint density at radius 3 is 2.70 bits per heavy atom. The van der Waals surface area contributed by atoms with E-state index in [2.05, 4.69) is 10.1 Å². The molecule has 6 nitrogen and oxygen atoms in total. The zero-order chi connectivity index (χ0) is 14.5. The molecule has 6 heteroatoms. The third-order valence-electron chi connectivity index (χ3n) is 2.82. The molecule has 2 aromatic rings. The summed E-state index contributed by atoms with van der Waals surface area (Å²) in [6.07, 6.45) is 0.